The van der Waals surface area contributed by atoms with Gasteiger partial charge in [0.2, 0.25) is 0 Å². The normalized spacial score (nSPS) is 11.1. The molecule has 0 aliphatic carbocycles. The van der Waals surface area contributed by atoms with Crippen molar-refractivity contribution in [2.24, 2.45) is 0 Å². The zero-order valence-corrected chi connectivity index (χ0v) is 15.4. The molecule has 26 heavy (non-hydrogen) atoms. The number of rotatable bonds is 4. The summed E-state index contributed by atoms with van der Waals surface area (Å²) in [6, 6.07) is 11.1. The minimum Gasteiger partial charge on any atom is -0.497 e. The number of imidazole rings is 1. The fraction of sp³-hybridized carbons (Fsp3) is 0.150. The molecule has 0 amide bonds. The van der Waals surface area contributed by atoms with Gasteiger partial charge in [0.15, 0.2) is 5.65 Å². The van der Waals surface area contributed by atoms with Gasteiger partial charge in [-0.25, -0.2) is 4.98 Å². The van der Waals surface area contributed by atoms with Crippen molar-refractivity contribution in [3.63, 3.8) is 0 Å². The molecule has 5 nitrogen and oxygen atoms in total. The first-order valence-electron chi connectivity index (χ1n) is 8.11. The van der Waals surface area contributed by atoms with Crippen molar-refractivity contribution < 1.29 is 13.9 Å². The minimum atomic E-state index is 0.401. The van der Waals surface area contributed by atoms with E-state index in [4.69, 9.17) is 25.5 Å². The lowest BCUT2D eigenvalue weighted by Gasteiger charge is -2.03. The van der Waals surface area contributed by atoms with Crippen LogP contribution in [0.2, 0.25) is 5.02 Å². The molecule has 0 fully saturated rings. The standard InChI is InChI=1S/C20H17ClN2O3/c1-12-8-17(21)20-22-13(2)19(23(20)10-12)14-9-18(25-11-14)26-16-6-4-15(24-3)5-7-16/h4-11H,1-3H3. The van der Waals surface area contributed by atoms with Gasteiger partial charge in [0.25, 0.3) is 5.95 Å². The van der Waals surface area contributed by atoms with Crippen molar-refractivity contribution in [3.05, 3.63) is 65.1 Å². The molecule has 132 valence electrons. The van der Waals surface area contributed by atoms with E-state index >= 15 is 0 Å². The number of aryl methyl sites for hydroxylation is 2. The Kier molecular flexibility index (Phi) is 4.09. The summed E-state index contributed by atoms with van der Waals surface area (Å²) in [4.78, 5) is 4.58. The summed E-state index contributed by atoms with van der Waals surface area (Å²) in [6.45, 7) is 3.95. The molecule has 0 bridgehead atoms. The number of furan rings is 1. The van der Waals surface area contributed by atoms with Crippen LogP contribution in [0.3, 0.4) is 0 Å². The molecule has 6 heteroatoms. The molecule has 0 unspecified atom stereocenters. The molecule has 0 spiro atoms. The molecule has 0 N–H and O–H groups in total. The Morgan fingerprint density at radius 1 is 1.08 bits per heavy atom. The lowest BCUT2D eigenvalue weighted by atomic mass is 10.2. The second-order valence-electron chi connectivity index (χ2n) is 6.04. The number of aromatic nitrogens is 2. The van der Waals surface area contributed by atoms with Crippen molar-refractivity contribution in [1.29, 1.82) is 0 Å². The number of methoxy groups -OCH3 is 1. The van der Waals surface area contributed by atoms with Crippen molar-refractivity contribution in [3.8, 4) is 28.7 Å². The summed E-state index contributed by atoms with van der Waals surface area (Å²) in [7, 11) is 1.63. The van der Waals surface area contributed by atoms with Crippen LogP contribution in [0.15, 0.2) is 53.3 Å². The highest BCUT2D eigenvalue weighted by molar-refractivity contribution is 6.33. The van der Waals surface area contributed by atoms with E-state index in [1.165, 1.54) is 0 Å². The van der Waals surface area contributed by atoms with Crippen LogP contribution in [-0.2, 0) is 0 Å². The largest absolute Gasteiger partial charge is 0.497 e. The van der Waals surface area contributed by atoms with Gasteiger partial charge in [-0.3, -0.25) is 4.40 Å². The second-order valence-corrected chi connectivity index (χ2v) is 6.44. The molecule has 3 aromatic heterocycles. The first-order valence-corrected chi connectivity index (χ1v) is 8.48. The van der Waals surface area contributed by atoms with E-state index in [0.29, 0.717) is 16.7 Å². The van der Waals surface area contributed by atoms with Crippen LogP contribution in [0.1, 0.15) is 11.3 Å². The average Bonchev–Trinajstić information content (AvgIpc) is 3.19. The van der Waals surface area contributed by atoms with Gasteiger partial charge in [-0.15, -0.1) is 0 Å². The van der Waals surface area contributed by atoms with E-state index < -0.39 is 0 Å². The number of nitrogens with zero attached hydrogens (tertiary/aromatic N) is 2. The fourth-order valence-corrected chi connectivity index (χ4v) is 3.25. The summed E-state index contributed by atoms with van der Waals surface area (Å²) in [5, 5.41) is 0.623. The third-order valence-corrected chi connectivity index (χ3v) is 4.39. The van der Waals surface area contributed by atoms with E-state index in [0.717, 1.165) is 33.9 Å². The summed E-state index contributed by atoms with van der Waals surface area (Å²) >= 11 is 6.33. The van der Waals surface area contributed by atoms with Crippen LogP contribution in [0.25, 0.3) is 16.9 Å². The molecule has 0 radical (unpaired) electrons. The van der Waals surface area contributed by atoms with Crippen molar-refractivity contribution in [2.75, 3.05) is 7.11 Å². The van der Waals surface area contributed by atoms with Crippen LogP contribution < -0.4 is 9.47 Å². The van der Waals surface area contributed by atoms with E-state index in [1.807, 2.05) is 60.8 Å². The van der Waals surface area contributed by atoms with Crippen LogP contribution in [0, 0.1) is 13.8 Å². The van der Waals surface area contributed by atoms with Gasteiger partial charge in [-0.1, -0.05) is 11.6 Å². The predicted molar refractivity (Wildman–Crippen MR) is 100 cm³/mol. The molecule has 0 aliphatic rings. The number of fused-ring (bicyclic) bond motifs is 1. The first-order chi connectivity index (χ1) is 12.5. The summed E-state index contributed by atoms with van der Waals surface area (Å²) < 4.78 is 18.5. The Hall–Kier alpha value is -2.92. The van der Waals surface area contributed by atoms with Gasteiger partial charge in [-0.2, -0.15) is 0 Å². The Labute approximate surface area is 155 Å². The van der Waals surface area contributed by atoms with E-state index in [9.17, 15) is 0 Å². The number of benzene rings is 1. The zero-order chi connectivity index (χ0) is 18.3. The molecular weight excluding hydrogens is 352 g/mol. The monoisotopic (exact) mass is 368 g/mol. The third-order valence-electron chi connectivity index (χ3n) is 4.11. The molecule has 3 heterocycles. The number of hydrogen-bond acceptors (Lipinski definition) is 4. The highest BCUT2D eigenvalue weighted by atomic mass is 35.5. The number of hydrogen-bond donors (Lipinski definition) is 0. The van der Waals surface area contributed by atoms with Crippen LogP contribution >= 0.6 is 11.6 Å². The lowest BCUT2D eigenvalue weighted by molar-refractivity contribution is 0.346. The summed E-state index contributed by atoms with van der Waals surface area (Å²) in [5.41, 5.74) is 4.45. The first kappa shape index (κ1) is 16.5. The molecule has 1 aromatic carbocycles. The van der Waals surface area contributed by atoms with Gasteiger partial charge in [0, 0.05) is 17.8 Å². The molecular formula is C20H17ClN2O3. The third kappa shape index (κ3) is 2.91. The SMILES string of the molecule is COc1ccc(Oc2cc(-c3c(C)nc4c(Cl)cc(C)cn34)co2)cc1. The second kappa shape index (κ2) is 6.42. The number of ether oxygens (including phenoxy) is 2. The average molecular weight is 369 g/mol. The number of halogens is 1. The number of pyridine rings is 1. The quantitative estimate of drug-likeness (QED) is 0.466. The Morgan fingerprint density at radius 2 is 1.81 bits per heavy atom. The van der Waals surface area contributed by atoms with Gasteiger partial charge in [-0.05, 0) is 49.7 Å². The maximum Gasteiger partial charge on any atom is 0.290 e. The molecule has 4 aromatic rings. The van der Waals surface area contributed by atoms with Crippen LogP contribution in [-0.4, -0.2) is 16.5 Å². The van der Waals surface area contributed by atoms with Crippen molar-refractivity contribution in [1.82, 2.24) is 9.38 Å². The highest BCUT2D eigenvalue weighted by Crippen LogP contribution is 2.33. The Morgan fingerprint density at radius 3 is 2.54 bits per heavy atom. The van der Waals surface area contributed by atoms with Gasteiger partial charge >= 0.3 is 0 Å². The van der Waals surface area contributed by atoms with Gasteiger partial charge in [0.1, 0.15) is 17.8 Å². The molecule has 0 saturated heterocycles. The topological polar surface area (TPSA) is 48.9 Å². The van der Waals surface area contributed by atoms with Gasteiger partial charge < -0.3 is 13.9 Å². The Balaban J connectivity index is 1.69. The van der Waals surface area contributed by atoms with Crippen LogP contribution in [0.5, 0.6) is 17.4 Å². The predicted octanol–water partition coefficient (Wildman–Crippen LogP) is 5.67. The molecule has 0 aliphatic heterocycles. The summed E-state index contributed by atoms with van der Waals surface area (Å²) in [6.07, 6.45) is 3.67. The minimum absolute atomic E-state index is 0.401. The lowest BCUT2D eigenvalue weighted by Crippen LogP contribution is -1.90. The summed E-state index contributed by atoms with van der Waals surface area (Å²) in [5.74, 6) is 1.84. The van der Waals surface area contributed by atoms with E-state index in [1.54, 1.807) is 13.4 Å². The van der Waals surface area contributed by atoms with E-state index in [2.05, 4.69) is 4.98 Å². The van der Waals surface area contributed by atoms with Crippen molar-refractivity contribution >= 4 is 17.2 Å². The maximum atomic E-state index is 6.33. The molecule has 4 rings (SSSR count). The van der Waals surface area contributed by atoms with E-state index in [-0.39, 0.29) is 0 Å². The van der Waals surface area contributed by atoms with Crippen molar-refractivity contribution in [2.45, 2.75) is 13.8 Å². The van der Waals surface area contributed by atoms with Gasteiger partial charge in [0.05, 0.1) is 23.5 Å². The zero-order valence-electron chi connectivity index (χ0n) is 14.6. The molecule has 0 atom stereocenters. The Bertz CT molecular complexity index is 1080. The smallest absolute Gasteiger partial charge is 0.290 e. The van der Waals surface area contributed by atoms with Crippen LogP contribution in [0.4, 0.5) is 0 Å². The molecule has 0 saturated carbocycles. The fourth-order valence-electron chi connectivity index (χ4n) is 2.95. The maximum absolute atomic E-state index is 6.33. The highest BCUT2D eigenvalue weighted by Gasteiger charge is 2.16.